The van der Waals surface area contributed by atoms with Crippen LogP contribution in [0.5, 0.6) is 11.5 Å². The normalized spacial score (nSPS) is 11.9. The Morgan fingerprint density at radius 2 is 1.90 bits per heavy atom. The molecule has 4 rings (SSSR count). The molecule has 154 valence electrons. The Balaban J connectivity index is 1.34. The lowest BCUT2D eigenvalue weighted by molar-refractivity contribution is -0.117. The SMILES string of the molecule is Cc1cccc(C)c1-n1nnnc1SCC(=O)NC(=O)Nc1ccc2c(c1)OCO2. The van der Waals surface area contributed by atoms with Crippen LogP contribution in [-0.2, 0) is 4.79 Å². The second kappa shape index (κ2) is 8.41. The molecule has 2 N–H and O–H groups in total. The van der Waals surface area contributed by atoms with Crippen LogP contribution in [-0.4, -0.2) is 44.7 Å². The summed E-state index contributed by atoms with van der Waals surface area (Å²) in [5.41, 5.74) is 3.37. The quantitative estimate of drug-likeness (QED) is 0.597. The topological polar surface area (TPSA) is 120 Å². The zero-order valence-corrected chi connectivity index (χ0v) is 17.0. The van der Waals surface area contributed by atoms with Gasteiger partial charge in [-0.25, -0.2) is 4.79 Å². The average Bonchev–Trinajstić information content (AvgIpc) is 3.35. The van der Waals surface area contributed by atoms with Crippen molar-refractivity contribution in [3.63, 3.8) is 0 Å². The molecule has 0 fully saturated rings. The number of para-hydroxylation sites is 1. The Labute approximate surface area is 175 Å². The highest BCUT2D eigenvalue weighted by atomic mass is 32.2. The van der Waals surface area contributed by atoms with E-state index in [0.717, 1.165) is 28.6 Å². The van der Waals surface area contributed by atoms with E-state index in [0.29, 0.717) is 22.3 Å². The third-order valence-corrected chi connectivity index (χ3v) is 5.23. The lowest BCUT2D eigenvalue weighted by Crippen LogP contribution is -2.35. The first kappa shape index (κ1) is 19.7. The fourth-order valence-electron chi connectivity index (χ4n) is 2.98. The van der Waals surface area contributed by atoms with Crippen LogP contribution in [0.15, 0.2) is 41.6 Å². The van der Waals surface area contributed by atoms with Crippen LogP contribution in [0.1, 0.15) is 11.1 Å². The van der Waals surface area contributed by atoms with Crippen molar-refractivity contribution in [1.29, 1.82) is 0 Å². The van der Waals surface area contributed by atoms with Gasteiger partial charge in [0, 0.05) is 11.8 Å². The van der Waals surface area contributed by atoms with Crippen molar-refractivity contribution >= 4 is 29.4 Å². The van der Waals surface area contributed by atoms with E-state index >= 15 is 0 Å². The number of amides is 3. The Morgan fingerprint density at radius 1 is 1.13 bits per heavy atom. The molecule has 0 unspecified atom stereocenters. The number of carbonyl (C=O) groups is 2. The number of benzene rings is 2. The first-order valence-corrected chi connectivity index (χ1v) is 9.98. The number of fused-ring (bicyclic) bond motifs is 1. The van der Waals surface area contributed by atoms with Gasteiger partial charge in [0.25, 0.3) is 0 Å². The molecule has 0 aliphatic carbocycles. The highest BCUT2D eigenvalue weighted by Gasteiger charge is 2.17. The molecular weight excluding hydrogens is 408 g/mol. The van der Waals surface area contributed by atoms with Crippen molar-refractivity contribution in [2.24, 2.45) is 0 Å². The molecule has 1 aliphatic heterocycles. The Hall–Kier alpha value is -3.60. The van der Waals surface area contributed by atoms with Gasteiger partial charge in [-0.1, -0.05) is 30.0 Å². The van der Waals surface area contributed by atoms with Gasteiger partial charge in [-0.15, -0.1) is 5.10 Å². The van der Waals surface area contributed by atoms with E-state index in [4.69, 9.17) is 9.47 Å². The summed E-state index contributed by atoms with van der Waals surface area (Å²) in [7, 11) is 0. The second-order valence-corrected chi connectivity index (χ2v) is 7.42. The Kier molecular flexibility index (Phi) is 5.53. The number of aryl methyl sites for hydroxylation is 2. The van der Waals surface area contributed by atoms with Gasteiger partial charge in [0.2, 0.25) is 17.9 Å². The third-order valence-electron chi connectivity index (χ3n) is 4.31. The number of nitrogens with zero attached hydrogens (tertiary/aromatic N) is 4. The highest BCUT2D eigenvalue weighted by Crippen LogP contribution is 2.34. The van der Waals surface area contributed by atoms with Crippen molar-refractivity contribution in [2.75, 3.05) is 17.9 Å². The maximum atomic E-state index is 12.2. The van der Waals surface area contributed by atoms with Gasteiger partial charge in [-0.3, -0.25) is 10.1 Å². The van der Waals surface area contributed by atoms with Crippen molar-refractivity contribution in [1.82, 2.24) is 25.5 Å². The summed E-state index contributed by atoms with van der Waals surface area (Å²) >= 11 is 1.14. The van der Waals surface area contributed by atoms with Crippen molar-refractivity contribution < 1.29 is 19.1 Å². The van der Waals surface area contributed by atoms with Crippen LogP contribution >= 0.6 is 11.8 Å². The molecule has 0 radical (unpaired) electrons. The summed E-state index contributed by atoms with van der Waals surface area (Å²) in [5.74, 6) is 0.636. The van der Waals surface area contributed by atoms with Gasteiger partial charge in [-0.2, -0.15) is 4.68 Å². The first-order valence-electron chi connectivity index (χ1n) is 8.99. The van der Waals surface area contributed by atoms with Gasteiger partial charge >= 0.3 is 6.03 Å². The fourth-order valence-corrected chi connectivity index (χ4v) is 3.66. The van der Waals surface area contributed by atoms with Crippen LogP contribution in [0.2, 0.25) is 0 Å². The van der Waals surface area contributed by atoms with E-state index in [1.807, 2.05) is 32.0 Å². The molecule has 2 aromatic carbocycles. The minimum atomic E-state index is -0.645. The standard InChI is InChI=1S/C19H18N6O4S/c1-11-4-3-5-12(2)17(11)25-19(22-23-24-25)30-9-16(26)21-18(27)20-13-6-7-14-15(8-13)29-10-28-14/h3-8H,9-10H2,1-2H3,(H2,20,21,26,27). The number of thioether (sulfide) groups is 1. The molecule has 1 aromatic heterocycles. The first-order chi connectivity index (χ1) is 14.5. The monoisotopic (exact) mass is 426 g/mol. The zero-order valence-electron chi connectivity index (χ0n) is 16.2. The summed E-state index contributed by atoms with van der Waals surface area (Å²) in [6.07, 6.45) is 0. The summed E-state index contributed by atoms with van der Waals surface area (Å²) in [5, 5.41) is 17.1. The number of urea groups is 1. The van der Waals surface area contributed by atoms with Crippen LogP contribution in [0.25, 0.3) is 5.69 Å². The van der Waals surface area contributed by atoms with Gasteiger partial charge < -0.3 is 14.8 Å². The molecule has 0 spiro atoms. The number of aromatic nitrogens is 4. The van der Waals surface area contributed by atoms with E-state index in [1.54, 1.807) is 22.9 Å². The predicted molar refractivity (Wildman–Crippen MR) is 109 cm³/mol. The molecule has 0 saturated heterocycles. The minimum absolute atomic E-state index is 0.0279. The second-order valence-electron chi connectivity index (χ2n) is 6.47. The van der Waals surface area contributed by atoms with Crippen LogP contribution in [0.3, 0.4) is 0 Å². The van der Waals surface area contributed by atoms with E-state index in [9.17, 15) is 9.59 Å². The number of nitrogens with one attached hydrogen (secondary N) is 2. The molecule has 3 amide bonds. The number of hydrogen-bond acceptors (Lipinski definition) is 8. The van der Waals surface area contributed by atoms with E-state index in [1.165, 1.54) is 0 Å². The van der Waals surface area contributed by atoms with E-state index in [-0.39, 0.29) is 12.5 Å². The smallest absolute Gasteiger partial charge is 0.325 e. The van der Waals surface area contributed by atoms with Gasteiger partial charge in [0.1, 0.15) is 0 Å². The third kappa shape index (κ3) is 4.20. The summed E-state index contributed by atoms with van der Waals surface area (Å²) in [6, 6.07) is 10.2. The lowest BCUT2D eigenvalue weighted by Gasteiger charge is -2.10. The molecule has 2 heterocycles. The largest absolute Gasteiger partial charge is 0.454 e. The molecule has 11 heteroatoms. The van der Waals surface area contributed by atoms with Gasteiger partial charge in [0.05, 0.1) is 11.4 Å². The molecule has 0 atom stereocenters. The average molecular weight is 426 g/mol. The van der Waals surface area contributed by atoms with Crippen molar-refractivity contribution in [2.45, 2.75) is 19.0 Å². The van der Waals surface area contributed by atoms with Gasteiger partial charge in [0.15, 0.2) is 11.5 Å². The molecular formula is C19H18N6O4S. The predicted octanol–water partition coefficient (Wildman–Crippen LogP) is 2.45. The summed E-state index contributed by atoms with van der Waals surface area (Å²) < 4.78 is 12.1. The van der Waals surface area contributed by atoms with Crippen molar-refractivity contribution in [3.8, 4) is 17.2 Å². The number of imide groups is 1. The molecule has 1 aliphatic rings. The van der Waals surface area contributed by atoms with Gasteiger partial charge in [-0.05, 0) is 47.5 Å². The maximum absolute atomic E-state index is 12.2. The fraction of sp³-hybridized carbons (Fsp3) is 0.211. The minimum Gasteiger partial charge on any atom is -0.454 e. The maximum Gasteiger partial charge on any atom is 0.325 e. The van der Waals surface area contributed by atoms with Crippen LogP contribution in [0, 0.1) is 13.8 Å². The number of rotatable bonds is 5. The molecule has 10 nitrogen and oxygen atoms in total. The van der Waals surface area contributed by atoms with Crippen molar-refractivity contribution in [3.05, 3.63) is 47.5 Å². The zero-order chi connectivity index (χ0) is 21.1. The molecule has 0 bridgehead atoms. The Morgan fingerprint density at radius 3 is 2.70 bits per heavy atom. The highest BCUT2D eigenvalue weighted by molar-refractivity contribution is 7.99. The number of tetrazole rings is 1. The van der Waals surface area contributed by atoms with Crippen LogP contribution < -0.4 is 20.1 Å². The number of carbonyl (C=O) groups excluding carboxylic acids is 2. The lowest BCUT2D eigenvalue weighted by atomic mass is 10.1. The summed E-state index contributed by atoms with van der Waals surface area (Å²) in [4.78, 5) is 24.3. The number of anilines is 1. The Bertz CT molecular complexity index is 1100. The van der Waals surface area contributed by atoms with E-state index < -0.39 is 11.9 Å². The summed E-state index contributed by atoms with van der Waals surface area (Å²) in [6.45, 7) is 4.07. The molecule has 30 heavy (non-hydrogen) atoms. The number of ether oxygens (including phenoxy) is 2. The molecule has 3 aromatic rings. The molecule has 0 saturated carbocycles. The number of hydrogen-bond donors (Lipinski definition) is 2. The van der Waals surface area contributed by atoms with E-state index in [2.05, 4.69) is 26.2 Å². The van der Waals surface area contributed by atoms with Crippen LogP contribution in [0.4, 0.5) is 10.5 Å².